The maximum absolute atomic E-state index is 11.5. The first-order chi connectivity index (χ1) is 7.79. The van der Waals surface area contributed by atoms with Crippen molar-refractivity contribution < 1.29 is 9.53 Å². The molecule has 0 amide bonds. The third-order valence-electron chi connectivity index (χ3n) is 2.43. The number of ketones is 1. The lowest BCUT2D eigenvalue weighted by Gasteiger charge is -2.18. The van der Waals surface area contributed by atoms with Crippen LogP contribution in [0.5, 0.6) is 5.75 Å². The maximum Gasteiger partial charge on any atom is 0.163 e. The Labute approximate surface area is 111 Å². The van der Waals surface area contributed by atoms with Crippen molar-refractivity contribution in [3.63, 3.8) is 0 Å². The molecule has 0 saturated carbocycles. The normalized spacial score (nSPS) is 11.4. The van der Waals surface area contributed by atoms with Crippen LogP contribution >= 0.6 is 15.9 Å². The van der Waals surface area contributed by atoms with Gasteiger partial charge in [0.05, 0.1) is 12.2 Å². The van der Waals surface area contributed by atoms with Crippen LogP contribution in [0.25, 0.3) is 0 Å². The molecule has 0 fully saturated rings. The van der Waals surface area contributed by atoms with Crippen LogP contribution in [0.3, 0.4) is 0 Å². The van der Waals surface area contributed by atoms with E-state index in [0.29, 0.717) is 17.9 Å². The van der Waals surface area contributed by atoms with Crippen molar-refractivity contribution in [1.82, 2.24) is 0 Å². The zero-order valence-corrected chi connectivity index (χ0v) is 12.4. The second kappa shape index (κ2) is 5.67. The van der Waals surface area contributed by atoms with Gasteiger partial charge in [-0.3, -0.25) is 4.79 Å². The van der Waals surface area contributed by atoms with Gasteiger partial charge in [-0.2, -0.15) is 0 Å². The van der Waals surface area contributed by atoms with Crippen LogP contribution in [0.4, 0.5) is 0 Å². The molecule has 0 bridgehead atoms. The van der Waals surface area contributed by atoms with Crippen molar-refractivity contribution >= 4 is 21.7 Å². The first-order valence-electron chi connectivity index (χ1n) is 5.73. The van der Waals surface area contributed by atoms with Gasteiger partial charge >= 0.3 is 0 Å². The van der Waals surface area contributed by atoms with E-state index in [4.69, 9.17) is 4.74 Å². The summed E-state index contributed by atoms with van der Waals surface area (Å²) in [7, 11) is 0. The summed E-state index contributed by atoms with van der Waals surface area (Å²) in [5.74, 6) is 0.696. The van der Waals surface area contributed by atoms with E-state index >= 15 is 0 Å². The average Bonchev–Trinajstić information content (AvgIpc) is 2.18. The fourth-order valence-electron chi connectivity index (χ4n) is 1.37. The van der Waals surface area contributed by atoms with E-state index < -0.39 is 0 Å². The molecule has 94 valence electrons. The van der Waals surface area contributed by atoms with E-state index in [9.17, 15) is 4.79 Å². The number of carbonyl (C=O) groups excluding carboxylic acids is 1. The molecule has 0 heterocycles. The fraction of sp³-hybridized carbons (Fsp3) is 0.500. The lowest BCUT2D eigenvalue weighted by Crippen LogP contribution is -2.12. The lowest BCUT2D eigenvalue weighted by molar-refractivity contribution is 0.101. The van der Waals surface area contributed by atoms with Crippen molar-refractivity contribution in [1.29, 1.82) is 0 Å². The molecule has 0 aliphatic heterocycles. The lowest BCUT2D eigenvalue weighted by atomic mass is 9.93. The number of rotatable bonds is 4. The van der Waals surface area contributed by atoms with Crippen LogP contribution in [0.2, 0.25) is 0 Å². The third kappa shape index (κ3) is 4.90. The smallest absolute Gasteiger partial charge is 0.163 e. The summed E-state index contributed by atoms with van der Waals surface area (Å²) in [6.07, 6.45) is 0.959. The van der Waals surface area contributed by atoms with Gasteiger partial charge in [0.2, 0.25) is 0 Å². The second-order valence-corrected chi connectivity index (χ2v) is 6.27. The minimum absolute atomic E-state index is 0.0251. The average molecular weight is 299 g/mol. The molecule has 2 nitrogen and oxygen atoms in total. The molecular weight excluding hydrogens is 280 g/mol. The molecule has 0 aliphatic rings. The highest BCUT2D eigenvalue weighted by atomic mass is 79.9. The number of carbonyl (C=O) groups is 1. The number of halogens is 1. The number of hydrogen-bond donors (Lipinski definition) is 0. The van der Waals surface area contributed by atoms with Crippen LogP contribution in [-0.4, -0.2) is 12.4 Å². The summed E-state index contributed by atoms with van der Waals surface area (Å²) in [5, 5.41) is 0. The van der Waals surface area contributed by atoms with Crippen LogP contribution in [0, 0.1) is 5.41 Å². The minimum atomic E-state index is 0.0251. The molecule has 0 atom stereocenters. The molecule has 0 unspecified atom stereocenters. The molecular formula is C14H19BrO2. The summed E-state index contributed by atoms with van der Waals surface area (Å²) in [6.45, 7) is 8.70. The standard InChI is InChI=1S/C14H19BrO2/c1-10(16)12-9-11(15)5-6-13(12)17-8-7-14(2,3)4/h5-6,9H,7-8H2,1-4H3. The summed E-state index contributed by atoms with van der Waals surface area (Å²) < 4.78 is 6.58. The number of benzene rings is 1. The zero-order valence-electron chi connectivity index (χ0n) is 10.8. The van der Waals surface area contributed by atoms with E-state index in [2.05, 4.69) is 36.7 Å². The van der Waals surface area contributed by atoms with Crippen molar-refractivity contribution in [2.45, 2.75) is 34.1 Å². The van der Waals surface area contributed by atoms with Crippen LogP contribution in [0.1, 0.15) is 44.5 Å². The number of ether oxygens (including phenoxy) is 1. The summed E-state index contributed by atoms with van der Waals surface area (Å²) >= 11 is 3.36. The van der Waals surface area contributed by atoms with E-state index in [0.717, 1.165) is 10.9 Å². The molecule has 3 heteroatoms. The highest BCUT2D eigenvalue weighted by Crippen LogP contribution is 2.25. The minimum Gasteiger partial charge on any atom is -0.493 e. The largest absolute Gasteiger partial charge is 0.493 e. The van der Waals surface area contributed by atoms with E-state index in [-0.39, 0.29) is 11.2 Å². The van der Waals surface area contributed by atoms with Gasteiger partial charge in [0.25, 0.3) is 0 Å². The molecule has 0 aromatic heterocycles. The summed E-state index contributed by atoms with van der Waals surface area (Å²) in [5.41, 5.74) is 0.874. The Bertz CT molecular complexity index is 405. The highest BCUT2D eigenvalue weighted by molar-refractivity contribution is 9.10. The van der Waals surface area contributed by atoms with Crippen LogP contribution < -0.4 is 4.74 Å². The maximum atomic E-state index is 11.5. The predicted octanol–water partition coefficient (Wildman–Crippen LogP) is 4.47. The molecule has 17 heavy (non-hydrogen) atoms. The Morgan fingerprint density at radius 2 is 2.00 bits per heavy atom. The Morgan fingerprint density at radius 3 is 2.53 bits per heavy atom. The van der Waals surface area contributed by atoms with E-state index in [1.807, 2.05) is 12.1 Å². The first kappa shape index (κ1) is 14.2. The summed E-state index contributed by atoms with van der Waals surface area (Å²) in [4.78, 5) is 11.5. The predicted molar refractivity (Wildman–Crippen MR) is 73.7 cm³/mol. The Hall–Kier alpha value is -0.830. The zero-order chi connectivity index (χ0) is 13.1. The van der Waals surface area contributed by atoms with Crippen LogP contribution in [-0.2, 0) is 0 Å². The van der Waals surface area contributed by atoms with Gasteiger partial charge in [-0.05, 0) is 37.0 Å². The van der Waals surface area contributed by atoms with Crippen molar-refractivity contribution in [2.75, 3.05) is 6.61 Å². The second-order valence-electron chi connectivity index (χ2n) is 5.36. The Kier molecular flexibility index (Phi) is 4.75. The number of Topliss-reactive ketones (excluding diaryl/α,β-unsaturated/α-hetero) is 1. The number of hydrogen-bond acceptors (Lipinski definition) is 2. The van der Waals surface area contributed by atoms with Crippen molar-refractivity contribution in [2.24, 2.45) is 5.41 Å². The van der Waals surface area contributed by atoms with Crippen LogP contribution in [0.15, 0.2) is 22.7 Å². The molecule has 1 rings (SSSR count). The van der Waals surface area contributed by atoms with E-state index in [1.54, 1.807) is 13.0 Å². The van der Waals surface area contributed by atoms with Gasteiger partial charge in [0, 0.05) is 4.47 Å². The van der Waals surface area contributed by atoms with Gasteiger partial charge in [0.15, 0.2) is 5.78 Å². The van der Waals surface area contributed by atoms with Crippen molar-refractivity contribution in [3.05, 3.63) is 28.2 Å². The summed E-state index contributed by atoms with van der Waals surface area (Å²) in [6, 6.07) is 5.52. The van der Waals surface area contributed by atoms with Gasteiger partial charge in [-0.15, -0.1) is 0 Å². The fourth-order valence-corrected chi connectivity index (χ4v) is 1.73. The first-order valence-corrected chi connectivity index (χ1v) is 6.52. The molecule has 1 aromatic carbocycles. The highest BCUT2D eigenvalue weighted by Gasteiger charge is 2.12. The van der Waals surface area contributed by atoms with Gasteiger partial charge in [-0.1, -0.05) is 36.7 Å². The van der Waals surface area contributed by atoms with Gasteiger partial charge in [-0.25, -0.2) is 0 Å². The Balaban J connectivity index is 2.74. The molecule has 0 N–H and O–H groups in total. The monoisotopic (exact) mass is 298 g/mol. The Morgan fingerprint density at radius 1 is 1.35 bits per heavy atom. The third-order valence-corrected chi connectivity index (χ3v) is 2.92. The van der Waals surface area contributed by atoms with Gasteiger partial charge < -0.3 is 4.74 Å². The molecule has 1 aromatic rings. The quantitative estimate of drug-likeness (QED) is 0.767. The van der Waals surface area contributed by atoms with Gasteiger partial charge in [0.1, 0.15) is 5.75 Å². The van der Waals surface area contributed by atoms with Crippen molar-refractivity contribution in [3.8, 4) is 5.75 Å². The topological polar surface area (TPSA) is 26.3 Å². The molecule has 0 spiro atoms. The van der Waals surface area contributed by atoms with E-state index in [1.165, 1.54) is 0 Å². The molecule has 0 saturated heterocycles. The SMILES string of the molecule is CC(=O)c1cc(Br)ccc1OCCC(C)(C)C. The molecule has 0 aliphatic carbocycles. The molecule has 0 radical (unpaired) electrons.